The molecule has 2 aromatic carbocycles. The van der Waals surface area contributed by atoms with Gasteiger partial charge in [-0.2, -0.15) is 5.10 Å². The topological polar surface area (TPSA) is 54.4 Å². The van der Waals surface area contributed by atoms with Gasteiger partial charge in [0.25, 0.3) is 5.91 Å². The van der Waals surface area contributed by atoms with Crippen molar-refractivity contribution in [2.75, 3.05) is 0 Å². The number of fused-ring (bicyclic) bond motifs is 1. The molecule has 0 aliphatic heterocycles. The molecule has 2 aromatic heterocycles. The molecule has 0 saturated heterocycles. The van der Waals surface area contributed by atoms with Gasteiger partial charge in [-0.1, -0.05) is 54.9 Å². The molecule has 0 spiro atoms. The zero-order valence-corrected chi connectivity index (χ0v) is 17.3. The minimum absolute atomic E-state index is 0.269. The summed E-state index contributed by atoms with van der Waals surface area (Å²) in [6.07, 6.45) is 0.665. The first kappa shape index (κ1) is 19.3. The lowest BCUT2D eigenvalue weighted by atomic mass is 10.1. The SMILES string of the molecule is CC/C(=N\NC(=O)c1cc(-c2cccs2)nc2ccccc12)c1cccc(Cl)c1. The maximum Gasteiger partial charge on any atom is 0.272 e. The Morgan fingerprint density at radius 1 is 1.10 bits per heavy atom. The van der Waals surface area contributed by atoms with Crippen LogP contribution in [0.3, 0.4) is 0 Å². The van der Waals surface area contributed by atoms with Gasteiger partial charge < -0.3 is 0 Å². The quantitative estimate of drug-likeness (QED) is 0.311. The third-order valence-electron chi connectivity index (χ3n) is 4.52. The zero-order valence-electron chi connectivity index (χ0n) is 15.7. The molecule has 4 rings (SSSR count). The van der Waals surface area contributed by atoms with Crippen LogP contribution in [0.25, 0.3) is 21.5 Å². The normalized spacial score (nSPS) is 11.6. The van der Waals surface area contributed by atoms with E-state index in [4.69, 9.17) is 16.6 Å². The Morgan fingerprint density at radius 2 is 1.97 bits per heavy atom. The minimum atomic E-state index is -0.269. The van der Waals surface area contributed by atoms with Gasteiger partial charge in [-0.05, 0) is 47.7 Å². The Hall–Kier alpha value is -3.02. The van der Waals surface area contributed by atoms with E-state index in [2.05, 4.69) is 10.5 Å². The average molecular weight is 420 g/mol. The minimum Gasteiger partial charge on any atom is -0.267 e. The summed E-state index contributed by atoms with van der Waals surface area (Å²) in [5.41, 5.74) is 6.46. The van der Waals surface area contributed by atoms with Crippen LogP contribution in [0, 0.1) is 0 Å². The third kappa shape index (κ3) is 4.21. The van der Waals surface area contributed by atoms with Gasteiger partial charge in [0.05, 0.1) is 27.4 Å². The van der Waals surface area contributed by atoms with Crippen LogP contribution in [0.5, 0.6) is 0 Å². The average Bonchev–Trinajstić information content (AvgIpc) is 3.28. The van der Waals surface area contributed by atoms with Gasteiger partial charge in [0.2, 0.25) is 0 Å². The van der Waals surface area contributed by atoms with Crippen molar-refractivity contribution in [1.29, 1.82) is 0 Å². The van der Waals surface area contributed by atoms with Gasteiger partial charge in [0.1, 0.15) is 0 Å². The molecule has 4 nitrogen and oxygen atoms in total. The van der Waals surface area contributed by atoms with Crippen molar-refractivity contribution >= 4 is 45.5 Å². The molecule has 4 aromatic rings. The Bertz CT molecular complexity index is 1200. The molecule has 1 amide bonds. The highest BCUT2D eigenvalue weighted by Gasteiger charge is 2.14. The second-order valence-electron chi connectivity index (χ2n) is 6.41. The maximum atomic E-state index is 13.0. The van der Waals surface area contributed by atoms with Crippen LogP contribution in [-0.4, -0.2) is 16.6 Å². The van der Waals surface area contributed by atoms with Gasteiger partial charge >= 0.3 is 0 Å². The number of amides is 1. The molecule has 0 bridgehead atoms. The van der Waals surface area contributed by atoms with Crippen molar-refractivity contribution in [1.82, 2.24) is 10.4 Å². The molecule has 0 saturated carbocycles. The van der Waals surface area contributed by atoms with Crippen LogP contribution >= 0.6 is 22.9 Å². The van der Waals surface area contributed by atoms with Crippen molar-refractivity contribution < 1.29 is 4.79 Å². The Balaban J connectivity index is 1.71. The summed E-state index contributed by atoms with van der Waals surface area (Å²) >= 11 is 7.68. The molecular weight excluding hydrogens is 402 g/mol. The Morgan fingerprint density at radius 3 is 2.72 bits per heavy atom. The van der Waals surface area contributed by atoms with E-state index in [-0.39, 0.29) is 5.91 Å². The summed E-state index contributed by atoms with van der Waals surface area (Å²) < 4.78 is 0. The van der Waals surface area contributed by atoms with Crippen molar-refractivity contribution in [3.63, 3.8) is 0 Å². The number of thiophene rings is 1. The highest BCUT2D eigenvalue weighted by Crippen LogP contribution is 2.27. The lowest BCUT2D eigenvalue weighted by molar-refractivity contribution is 0.0956. The number of hydrazone groups is 1. The number of benzene rings is 2. The summed E-state index contributed by atoms with van der Waals surface area (Å²) in [5, 5.41) is 7.79. The molecule has 1 N–H and O–H groups in total. The molecule has 0 atom stereocenters. The van der Waals surface area contributed by atoms with Crippen LogP contribution in [0.1, 0.15) is 29.3 Å². The van der Waals surface area contributed by atoms with Gasteiger partial charge in [0, 0.05) is 10.4 Å². The number of nitrogens with zero attached hydrogens (tertiary/aromatic N) is 2. The Kier molecular flexibility index (Phi) is 5.69. The van der Waals surface area contributed by atoms with Crippen molar-refractivity contribution in [2.24, 2.45) is 5.10 Å². The molecule has 0 fully saturated rings. The first-order valence-corrected chi connectivity index (χ1v) is 10.5. The van der Waals surface area contributed by atoms with Crippen molar-refractivity contribution in [3.05, 3.63) is 88.3 Å². The smallest absolute Gasteiger partial charge is 0.267 e. The lowest BCUT2D eigenvalue weighted by Crippen LogP contribution is -2.20. The van der Waals surface area contributed by atoms with Crippen LogP contribution in [0.2, 0.25) is 5.02 Å². The van der Waals surface area contributed by atoms with Crippen LogP contribution in [-0.2, 0) is 0 Å². The van der Waals surface area contributed by atoms with Gasteiger partial charge in [-0.15, -0.1) is 11.3 Å². The first-order chi connectivity index (χ1) is 14.2. The lowest BCUT2D eigenvalue weighted by Gasteiger charge is -2.09. The zero-order chi connectivity index (χ0) is 20.2. The summed E-state index contributed by atoms with van der Waals surface area (Å²) in [6.45, 7) is 1.99. The molecule has 29 heavy (non-hydrogen) atoms. The second kappa shape index (κ2) is 8.55. The number of carbonyl (C=O) groups excluding carboxylic acids is 1. The number of halogens is 1. The van der Waals surface area contributed by atoms with Crippen LogP contribution < -0.4 is 5.43 Å². The fourth-order valence-electron chi connectivity index (χ4n) is 3.11. The number of para-hydroxylation sites is 1. The predicted molar refractivity (Wildman–Crippen MR) is 121 cm³/mol. The molecule has 6 heteroatoms. The van der Waals surface area contributed by atoms with Crippen molar-refractivity contribution in [3.8, 4) is 10.6 Å². The molecular formula is C23H18ClN3OS. The second-order valence-corrected chi connectivity index (χ2v) is 7.80. The van der Waals surface area contributed by atoms with Gasteiger partial charge in [-0.3, -0.25) is 4.79 Å². The summed E-state index contributed by atoms with van der Waals surface area (Å²) in [6, 6.07) is 20.9. The van der Waals surface area contributed by atoms with Crippen molar-refractivity contribution in [2.45, 2.75) is 13.3 Å². The Labute approximate surface area is 177 Å². The molecule has 0 aliphatic rings. The number of hydrogen-bond donors (Lipinski definition) is 1. The van der Waals surface area contributed by atoms with Crippen LogP contribution in [0.15, 0.2) is 77.2 Å². The number of nitrogens with one attached hydrogen (secondary N) is 1. The maximum absolute atomic E-state index is 13.0. The van der Waals surface area contributed by atoms with E-state index >= 15 is 0 Å². The van der Waals surface area contributed by atoms with Crippen LogP contribution in [0.4, 0.5) is 0 Å². The largest absolute Gasteiger partial charge is 0.272 e. The molecule has 0 unspecified atom stereocenters. The third-order valence-corrected chi connectivity index (χ3v) is 5.65. The molecule has 144 valence electrons. The van der Waals surface area contributed by atoms with E-state index < -0.39 is 0 Å². The summed E-state index contributed by atoms with van der Waals surface area (Å²) in [5.74, 6) is -0.269. The van der Waals surface area contributed by atoms with Gasteiger partial charge in [-0.25, -0.2) is 10.4 Å². The number of carbonyl (C=O) groups is 1. The number of hydrogen-bond acceptors (Lipinski definition) is 4. The van der Waals surface area contributed by atoms with E-state index in [1.54, 1.807) is 11.3 Å². The number of pyridine rings is 1. The van der Waals surface area contributed by atoms with E-state index in [1.165, 1.54) is 0 Å². The highest BCUT2D eigenvalue weighted by atomic mass is 35.5. The highest BCUT2D eigenvalue weighted by molar-refractivity contribution is 7.13. The van der Waals surface area contributed by atoms with Gasteiger partial charge in [0.15, 0.2) is 0 Å². The molecule has 0 aliphatic carbocycles. The van der Waals surface area contributed by atoms with E-state index in [1.807, 2.05) is 79.0 Å². The van der Waals surface area contributed by atoms with E-state index in [0.29, 0.717) is 17.0 Å². The molecule has 2 heterocycles. The number of aromatic nitrogens is 1. The molecule has 0 radical (unpaired) electrons. The van der Waals surface area contributed by atoms with E-state index in [0.717, 1.165) is 32.7 Å². The first-order valence-electron chi connectivity index (χ1n) is 9.22. The fraction of sp³-hybridized carbons (Fsp3) is 0.0870. The predicted octanol–water partition coefficient (Wildman–Crippen LogP) is 6.16. The van der Waals surface area contributed by atoms with E-state index in [9.17, 15) is 4.79 Å². The standard InChI is InChI=1S/C23H18ClN3OS/c1-2-19(15-7-5-8-16(24)13-15)26-27-23(28)18-14-21(22-11-6-12-29-22)25-20-10-4-3-9-17(18)20/h3-14H,2H2,1H3,(H,27,28)/b26-19+. The summed E-state index contributed by atoms with van der Waals surface area (Å²) in [4.78, 5) is 18.8. The fourth-order valence-corrected chi connectivity index (χ4v) is 3.98. The summed E-state index contributed by atoms with van der Waals surface area (Å²) in [7, 11) is 0. The monoisotopic (exact) mass is 419 g/mol. The number of rotatable bonds is 5.